The number of hydrogen-bond acceptors (Lipinski definition) is 5. The van der Waals surface area contributed by atoms with Crippen LogP contribution < -0.4 is 4.90 Å². The molecule has 0 saturated carbocycles. The maximum atomic E-state index is 12.0. The third-order valence-electron chi connectivity index (χ3n) is 5.74. The minimum Gasteiger partial charge on any atom is -0.337 e. The van der Waals surface area contributed by atoms with Crippen molar-refractivity contribution in [1.29, 1.82) is 0 Å². The second-order valence-electron chi connectivity index (χ2n) is 7.73. The number of rotatable bonds is 7. The molecule has 7 heteroatoms. The van der Waals surface area contributed by atoms with Gasteiger partial charge in [-0.15, -0.1) is 6.58 Å². The van der Waals surface area contributed by atoms with E-state index < -0.39 is 0 Å². The Balaban J connectivity index is 2.05. The molecule has 150 valence electrons. The number of likely N-dealkylation sites (N-methyl/N-ethyl adjacent to an activating group) is 1. The van der Waals surface area contributed by atoms with E-state index in [-0.39, 0.29) is 11.9 Å². The van der Waals surface area contributed by atoms with E-state index in [9.17, 15) is 9.59 Å². The van der Waals surface area contributed by atoms with Gasteiger partial charge in [0.25, 0.3) is 0 Å². The molecule has 1 aromatic rings. The molecule has 0 aliphatic carbocycles. The van der Waals surface area contributed by atoms with Crippen molar-refractivity contribution in [1.82, 2.24) is 19.6 Å². The van der Waals surface area contributed by atoms with E-state index >= 15 is 0 Å². The molecule has 1 amide bonds. The standard InChI is InChI=1S/C21H29N5O2/c1-7-10-25-19(13-27)16(12-23(5)14(2)3)15(4)26-20(25)11-17(22-26)18-8-9-21(28)24(18)6/h7,11,13-14,18H,1,4,8-10,12H2,2-3,5-6H3. The van der Waals surface area contributed by atoms with Crippen LogP contribution in [0.15, 0.2) is 36.6 Å². The predicted octanol–water partition coefficient (Wildman–Crippen LogP) is 2.45. The molecule has 2 aliphatic rings. The van der Waals surface area contributed by atoms with Crippen molar-refractivity contribution in [2.45, 2.75) is 38.8 Å². The zero-order valence-corrected chi connectivity index (χ0v) is 17.2. The summed E-state index contributed by atoms with van der Waals surface area (Å²) in [6.45, 7) is 13.4. The fourth-order valence-corrected chi connectivity index (χ4v) is 3.71. The molecule has 1 fully saturated rings. The normalized spacial score (nSPS) is 19.9. The van der Waals surface area contributed by atoms with E-state index in [1.165, 1.54) is 0 Å². The summed E-state index contributed by atoms with van der Waals surface area (Å²) in [4.78, 5) is 29.8. The van der Waals surface area contributed by atoms with Crippen molar-refractivity contribution in [2.24, 2.45) is 0 Å². The predicted molar refractivity (Wildman–Crippen MR) is 111 cm³/mol. The van der Waals surface area contributed by atoms with E-state index in [0.717, 1.165) is 29.8 Å². The number of anilines is 1. The zero-order valence-electron chi connectivity index (χ0n) is 17.2. The molecule has 1 unspecified atom stereocenters. The third kappa shape index (κ3) is 3.30. The highest BCUT2D eigenvalue weighted by atomic mass is 16.2. The van der Waals surface area contributed by atoms with Crippen LogP contribution in [-0.2, 0) is 9.59 Å². The number of aldehydes is 1. The van der Waals surface area contributed by atoms with Gasteiger partial charge in [0.1, 0.15) is 5.82 Å². The number of carbonyl (C=O) groups is 2. The first-order valence-corrected chi connectivity index (χ1v) is 9.62. The Labute approximate surface area is 166 Å². The number of hydrogen-bond donors (Lipinski definition) is 0. The van der Waals surface area contributed by atoms with Gasteiger partial charge in [-0.05, 0) is 27.3 Å². The van der Waals surface area contributed by atoms with Gasteiger partial charge in [-0.1, -0.05) is 12.7 Å². The molecule has 3 heterocycles. The van der Waals surface area contributed by atoms with Gasteiger partial charge < -0.3 is 9.80 Å². The molecule has 0 bridgehead atoms. The molecule has 3 rings (SSSR count). The van der Waals surface area contributed by atoms with Gasteiger partial charge in [0, 0.05) is 44.2 Å². The number of carbonyl (C=O) groups excluding carboxylic acids is 2. The highest BCUT2D eigenvalue weighted by molar-refractivity contribution is 5.90. The van der Waals surface area contributed by atoms with E-state index in [0.29, 0.717) is 36.9 Å². The quantitative estimate of drug-likeness (QED) is 0.535. The van der Waals surface area contributed by atoms with Gasteiger partial charge in [0.2, 0.25) is 5.91 Å². The largest absolute Gasteiger partial charge is 0.337 e. The first-order chi connectivity index (χ1) is 13.3. The summed E-state index contributed by atoms with van der Waals surface area (Å²) >= 11 is 0. The maximum absolute atomic E-state index is 12.0. The minimum atomic E-state index is -0.0505. The second kappa shape index (κ2) is 7.75. The van der Waals surface area contributed by atoms with E-state index in [4.69, 9.17) is 5.10 Å². The van der Waals surface area contributed by atoms with Crippen molar-refractivity contribution >= 4 is 23.7 Å². The Morgan fingerprint density at radius 1 is 1.43 bits per heavy atom. The smallest absolute Gasteiger partial charge is 0.222 e. The molecule has 0 spiro atoms. The van der Waals surface area contributed by atoms with Gasteiger partial charge in [-0.3, -0.25) is 14.5 Å². The number of nitrogens with zero attached hydrogens (tertiary/aromatic N) is 5. The Bertz CT molecular complexity index is 851. The summed E-state index contributed by atoms with van der Waals surface area (Å²) < 4.78 is 1.80. The molecule has 0 radical (unpaired) electrons. The minimum absolute atomic E-state index is 0.0505. The SMILES string of the molecule is C=CCN1C(C=O)=C(CN(C)C(C)C)C(=C)n2nc(C3CCC(=O)N3C)cc21. The number of likely N-dealkylation sites (tertiary alicyclic amines) is 1. The lowest BCUT2D eigenvalue weighted by atomic mass is 10.1. The average Bonchev–Trinajstić information content (AvgIpc) is 3.23. The molecular weight excluding hydrogens is 354 g/mol. The zero-order chi connectivity index (χ0) is 20.6. The first kappa shape index (κ1) is 20.1. The number of aromatic nitrogens is 2. The van der Waals surface area contributed by atoms with Crippen LogP contribution >= 0.6 is 0 Å². The molecule has 1 aromatic heterocycles. The molecule has 2 aliphatic heterocycles. The Kier molecular flexibility index (Phi) is 5.56. The fraction of sp³-hybridized carbons (Fsp3) is 0.476. The lowest BCUT2D eigenvalue weighted by Gasteiger charge is -2.34. The summed E-state index contributed by atoms with van der Waals surface area (Å²) in [6, 6.07) is 2.24. The van der Waals surface area contributed by atoms with E-state index in [1.807, 2.05) is 25.1 Å². The van der Waals surface area contributed by atoms with Gasteiger partial charge >= 0.3 is 0 Å². The van der Waals surface area contributed by atoms with Crippen molar-refractivity contribution in [3.8, 4) is 0 Å². The first-order valence-electron chi connectivity index (χ1n) is 9.62. The van der Waals surface area contributed by atoms with Gasteiger partial charge in [-0.25, -0.2) is 4.68 Å². The van der Waals surface area contributed by atoms with Crippen LogP contribution in [0.5, 0.6) is 0 Å². The summed E-state index contributed by atoms with van der Waals surface area (Å²) in [7, 11) is 3.83. The molecule has 28 heavy (non-hydrogen) atoms. The summed E-state index contributed by atoms with van der Waals surface area (Å²) in [5.41, 5.74) is 2.96. The van der Waals surface area contributed by atoms with Gasteiger partial charge in [0.05, 0.1) is 23.1 Å². The Morgan fingerprint density at radius 2 is 2.14 bits per heavy atom. The van der Waals surface area contributed by atoms with Crippen LogP contribution in [0.1, 0.15) is 38.4 Å². The second-order valence-corrected chi connectivity index (χ2v) is 7.73. The van der Waals surface area contributed by atoms with Crippen molar-refractivity contribution in [2.75, 3.05) is 32.1 Å². The third-order valence-corrected chi connectivity index (χ3v) is 5.74. The van der Waals surface area contributed by atoms with Crippen LogP contribution in [0.3, 0.4) is 0 Å². The Hall–Kier alpha value is -2.67. The average molecular weight is 383 g/mol. The highest BCUT2D eigenvalue weighted by Gasteiger charge is 2.35. The lowest BCUT2D eigenvalue weighted by molar-refractivity contribution is -0.127. The van der Waals surface area contributed by atoms with Crippen LogP contribution in [0.2, 0.25) is 0 Å². The maximum Gasteiger partial charge on any atom is 0.222 e. The lowest BCUT2D eigenvalue weighted by Crippen LogP contribution is -2.36. The van der Waals surface area contributed by atoms with Gasteiger partial charge in [-0.2, -0.15) is 5.10 Å². The molecule has 1 atom stereocenters. The van der Waals surface area contributed by atoms with E-state index in [1.54, 1.807) is 15.7 Å². The fourth-order valence-electron chi connectivity index (χ4n) is 3.71. The number of fused-ring (bicyclic) bond motifs is 1. The van der Waals surface area contributed by atoms with Crippen LogP contribution in [0, 0.1) is 0 Å². The van der Waals surface area contributed by atoms with Crippen molar-refractivity contribution in [3.05, 3.63) is 42.3 Å². The molecule has 7 nitrogen and oxygen atoms in total. The highest BCUT2D eigenvalue weighted by Crippen LogP contribution is 2.38. The molecule has 1 saturated heterocycles. The number of amides is 1. The van der Waals surface area contributed by atoms with Crippen molar-refractivity contribution < 1.29 is 9.59 Å². The van der Waals surface area contributed by atoms with E-state index in [2.05, 4.69) is 31.9 Å². The van der Waals surface area contributed by atoms with Crippen LogP contribution in [0.25, 0.3) is 5.70 Å². The topological polar surface area (TPSA) is 61.7 Å². The summed E-state index contributed by atoms with van der Waals surface area (Å²) in [5.74, 6) is 0.911. The van der Waals surface area contributed by atoms with Gasteiger partial charge in [0.15, 0.2) is 6.29 Å². The molecular formula is C21H29N5O2. The summed E-state index contributed by atoms with van der Waals surface area (Å²) in [6.07, 6.45) is 3.93. The van der Waals surface area contributed by atoms with Crippen molar-refractivity contribution in [3.63, 3.8) is 0 Å². The Morgan fingerprint density at radius 3 is 2.68 bits per heavy atom. The monoisotopic (exact) mass is 383 g/mol. The van der Waals surface area contributed by atoms with Crippen LogP contribution in [0.4, 0.5) is 5.82 Å². The molecule has 0 aromatic carbocycles. The number of allylic oxidation sites excluding steroid dienone is 1. The summed E-state index contributed by atoms with van der Waals surface area (Å²) in [5, 5.41) is 4.78. The van der Waals surface area contributed by atoms with Crippen LogP contribution in [-0.4, -0.2) is 65.0 Å². The molecule has 0 N–H and O–H groups in total.